The number of hydrogen-bond acceptors (Lipinski definition) is 4. The summed E-state index contributed by atoms with van der Waals surface area (Å²) < 4.78 is 2.00. The molecule has 1 atom stereocenters. The first-order valence-electron chi connectivity index (χ1n) is 7.64. The van der Waals surface area contributed by atoms with Gasteiger partial charge in [0.2, 0.25) is 0 Å². The summed E-state index contributed by atoms with van der Waals surface area (Å²) in [5.41, 5.74) is 2.99. The molecule has 1 unspecified atom stereocenters. The number of benzene rings is 1. The molecule has 0 amide bonds. The van der Waals surface area contributed by atoms with Crippen LogP contribution in [0.2, 0.25) is 0 Å². The lowest BCUT2D eigenvalue weighted by atomic mass is 9.72. The van der Waals surface area contributed by atoms with E-state index in [1.54, 1.807) is 0 Å². The molecule has 1 aliphatic carbocycles. The zero-order valence-electron chi connectivity index (χ0n) is 13.2. The molecule has 2 aromatic rings. The van der Waals surface area contributed by atoms with Crippen LogP contribution >= 0.6 is 23.6 Å². The second-order valence-electron chi connectivity index (χ2n) is 6.18. The minimum atomic E-state index is -0.294. The van der Waals surface area contributed by atoms with Crippen LogP contribution in [0.25, 0.3) is 0 Å². The Labute approximate surface area is 145 Å². The average Bonchev–Trinajstić information content (AvgIpc) is 2.88. The summed E-state index contributed by atoms with van der Waals surface area (Å²) in [5.74, 6) is -0.294. The van der Waals surface area contributed by atoms with Crippen LogP contribution in [-0.4, -0.2) is 10.7 Å². The molecule has 23 heavy (non-hydrogen) atoms. The smallest absolute Gasteiger partial charge is 0.330 e. The minimum absolute atomic E-state index is 0.0830. The van der Waals surface area contributed by atoms with Crippen molar-refractivity contribution in [2.24, 2.45) is 0 Å². The van der Waals surface area contributed by atoms with Crippen molar-refractivity contribution in [1.29, 1.82) is 0 Å². The molecule has 0 bridgehead atoms. The number of aromatic nitrogens is 1. The number of carbonyl (C=O) groups is 1. The Hall–Kier alpha value is -1.72. The summed E-state index contributed by atoms with van der Waals surface area (Å²) in [4.78, 5) is 17.8. The lowest BCUT2D eigenvalue weighted by Gasteiger charge is -2.33. The van der Waals surface area contributed by atoms with Gasteiger partial charge in [-0.15, -0.1) is 11.3 Å². The van der Waals surface area contributed by atoms with Crippen molar-refractivity contribution >= 4 is 29.5 Å². The molecule has 1 aromatic carbocycles. The monoisotopic (exact) mass is 345 g/mol. The summed E-state index contributed by atoms with van der Waals surface area (Å²) in [6, 6.07) is 10.5. The maximum absolute atomic E-state index is 12.4. The molecule has 3 nitrogen and oxygen atoms in total. The Bertz CT molecular complexity index is 804. The van der Waals surface area contributed by atoms with E-state index >= 15 is 0 Å². The molecule has 1 heterocycles. The molecule has 5 heteroatoms. The third-order valence-electron chi connectivity index (χ3n) is 4.47. The van der Waals surface area contributed by atoms with Gasteiger partial charge in [-0.3, -0.25) is 0 Å². The number of hydrogen-bond donors (Lipinski definition) is 0. The van der Waals surface area contributed by atoms with E-state index < -0.39 is 0 Å². The molecule has 1 aliphatic rings. The van der Waals surface area contributed by atoms with E-state index in [9.17, 15) is 4.79 Å². The van der Waals surface area contributed by atoms with Crippen LogP contribution in [-0.2, 0) is 10.2 Å². The maximum atomic E-state index is 12.4. The second-order valence-corrected chi connectivity index (χ2v) is 7.68. The van der Waals surface area contributed by atoms with Crippen LogP contribution in [0.3, 0.4) is 0 Å². The van der Waals surface area contributed by atoms with Crippen LogP contribution in [0.5, 0.6) is 0 Å². The van der Waals surface area contributed by atoms with Crippen LogP contribution < -0.4 is 4.84 Å². The number of aryl methyl sites for hydroxylation is 1. The van der Waals surface area contributed by atoms with Gasteiger partial charge in [0.05, 0.1) is 5.69 Å². The Morgan fingerprint density at radius 3 is 2.65 bits per heavy atom. The van der Waals surface area contributed by atoms with Crippen molar-refractivity contribution in [3.63, 3.8) is 0 Å². The average molecular weight is 345 g/mol. The topological polar surface area (TPSA) is 31.2 Å². The Kier molecular flexibility index (Phi) is 4.50. The van der Waals surface area contributed by atoms with Crippen molar-refractivity contribution in [3.05, 3.63) is 62.6 Å². The molecule has 0 saturated heterocycles. The Balaban J connectivity index is 1.74. The Morgan fingerprint density at radius 2 is 2.09 bits per heavy atom. The number of carbonyl (C=O) groups excluding carboxylic acids is 1. The molecule has 0 saturated carbocycles. The minimum Gasteiger partial charge on any atom is -0.330 e. The molecular formula is C18H19NO2S2. The van der Waals surface area contributed by atoms with E-state index in [4.69, 9.17) is 17.1 Å². The summed E-state index contributed by atoms with van der Waals surface area (Å²) in [6.07, 6.45) is 4.52. The molecular weight excluding hydrogens is 326 g/mol. The molecule has 1 aromatic heterocycles. The molecule has 0 spiro atoms. The van der Waals surface area contributed by atoms with Gasteiger partial charge in [0.25, 0.3) is 0 Å². The van der Waals surface area contributed by atoms with Gasteiger partial charge in [0.15, 0.2) is 3.95 Å². The molecule has 3 rings (SSSR count). The summed E-state index contributed by atoms with van der Waals surface area (Å²) >= 11 is 6.58. The summed E-state index contributed by atoms with van der Waals surface area (Å²) in [5, 5.41) is 1.89. The van der Waals surface area contributed by atoms with E-state index in [1.165, 1.54) is 21.6 Å². The second kappa shape index (κ2) is 6.42. The number of nitrogens with zero attached hydrogens (tertiary/aromatic N) is 1. The van der Waals surface area contributed by atoms with Crippen LogP contribution in [0.1, 0.15) is 37.4 Å². The first-order valence-corrected chi connectivity index (χ1v) is 8.93. The van der Waals surface area contributed by atoms with Crippen molar-refractivity contribution in [2.45, 2.75) is 38.5 Å². The fraction of sp³-hybridized carbons (Fsp3) is 0.333. The fourth-order valence-electron chi connectivity index (χ4n) is 2.88. The lowest BCUT2D eigenvalue weighted by molar-refractivity contribution is -0.140. The van der Waals surface area contributed by atoms with Gasteiger partial charge >= 0.3 is 5.97 Å². The SMILES string of the molecule is Cc1csc(=S)n1OC(=O)C1=CCC(C)(c2ccccc2)CC1. The normalized spacial score (nSPS) is 20.9. The third kappa shape index (κ3) is 3.31. The van der Waals surface area contributed by atoms with E-state index in [0.717, 1.165) is 30.5 Å². The molecule has 120 valence electrons. The van der Waals surface area contributed by atoms with E-state index in [0.29, 0.717) is 3.95 Å². The highest BCUT2D eigenvalue weighted by Crippen LogP contribution is 2.38. The van der Waals surface area contributed by atoms with Gasteiger partial charge in [0, 0.05) is 11.0 Å². The highest BCUT2D eigenvalue weighted by molar-refractivity contribution is 7.73. The first-order chi connectivity index (χ1) is 11.0. The van der Waals surface area contributed by atoms with E-state index in [2.05, 4.69) is 31.2 Å². The van der Waals surface area contributed by atoms with Crippen LogP contribution in [0.4, 0.5) is 0 Å². The number of allylic oxidation sites excluding steroid dienone is 1. The van der Waals surface area contributed by atoms with Gasteiger partial charge in [-0.1, -0.05) is 43.3 Å². The van der Waals surface area contributed by atoms with E-state index in [-0.39, 0.29) is 11.4 Å². The third-order valence-corrected chi connectivity index (χ3v) is 5.75. The van der Waals surface area contributed by atoms with E-state index in [1.807, 2.05) is 24.4 Å². The predicted octanol–water partition coefficient (Wildman–Crippen LogP) is 4.61. The summed E-state index contributed by atoms with van der Waals surface area (Å²) in [6.45, 7) is 4.13. The van der Waals surface area contributed by atoms with Crippen molar-refractivity contribution in [2.75, 3.05) is 0 Å². The number of rotatable bonds is 3. The van der Waals surface area contributed by atoms with Crippen molar-refractivity contribution in [1.82, 2.24) is 4.73 Å². The Morgan fingerprint density at radius 1 is 1.35 bits per heavy atom. The van der Waals surface area contributed by atoms with Crippen molar-refractivity contribution in [3.8, 4) is 0 Å². The van der Waals surface area contributed by atoms with Crippen LogP contribution in [0, 0.1) is 10.9 Å². The molecule has 0 aliphatic heterocycles. The van der Waals surface area contributed by atoms with Crippen molar-refractivity contribution < 1.29 is 9.63 Å². The standard InChI is InChI=1S/C18H19NO2S2/c1-13-12-23-17(22)19(13)21-16(20)14-8-10-18(2,11-9-14)15-6-4-3-5-7-15/h3-8,12H,9-11H2,1-2H3. The largest absolute Gasteiger partial charge is 0.359 e. The van der Waals surface area contributed by atoms with Gasteiger partial charge < -0.3 is 4.84 Å². The van der Waals surface area contributed by atoms with Crippen LogP contribution in [0.15, 0.2) is 47.4 Å². The van der Waals surface area contributed by atoms with Gasteiger partial charge in [-0.25, -0.2) is 4.79 Å². The van der Waals surface area contributed by atoms with Gasteiger partial charge in [-0.2, -0.15) is 4.73 Å². The van der Waals surface area contributed by atoms with Gasteiger partial charge in [-0.05, 0) is 49.4 Å². The molecule has 0 radical (unpaired) electrons. The number of thiazole rings is 1. The lowest BCUT2D eigenvalue weighted by Crippen LogP contribution is -2.29. The zero-order chi connectivity index (χ0) is 16.4. The van der Waals surface area contributed by atoms with Gasteiger partial charge in [0.1, 0.15) is 0 Å². The molecule has 0 fully saturated rings. The zero-order valence-corrected chi connectivity index (χ0v) is 14.9. The maximum Gasteiger partial charge on any atom is 0.359 e. The highest BCUT2D eigenvalue weighted by atomic mass is 32.1. The predicted molar refractivity (Wildman–Crippen MR) is 95.2 cm³/mol. The highest BCUT2D eigenvalue weighted by Gasteiger charge is 2.31. The fourth-order valence-corrected chi connectivity index (χ4v) is 3.85. The summed E-state index contributed by atoms with van der Waals surface area (Å²) in [7, 11) is 0. The quantitative estimate of drug-likeness (QED) is 0.761. The first kappa shape index (κ1) is 16.1. The molecule has 0 N–H and O–H groups in total.